The number of halogens is 2. The molecular formula is C22H18Cl2N6OS. The first kappa shape index (κ1) is 22.3. The molecule has 0 spiro atoms. The fourth-order valence-corrected chi connectivity index (χ4v) is 4.28. The molecule has 2 aromatic heterocycles. The Morgan fingerprint density at radius 3 is 2.41 bits per heavy atom. The van der Waals surface area contributed by atoms with Crippen molar-refractivity contribution in [3.05, 3.63) is 87.4 Å². The molecule has 0 saturated carbocycles. The molecular weight excluding hydrogens is 467 g/mol. The summed E-state index contributed by atoms with van der Waals surface area (Å²) >= 11 is 13.5. The Kier molecular flexibility index (Phi) is 6.74. The van der Waals surface area contributed by atoms with Crippen molar-refractivity contribution in [2.45, 2.75) is 24.8 Å². The van der Waals surface area contributed by atoms with Crippen LogP contribution in [0, 0.1) is 13.8 Å². The summed E-state index contributed by atoms with van der Waals surface area (Å²) in [5, 5.41) is 12.6. The van der Waals surface area contributed by atoms with Crippen molar-refractivity contribution in [1.29, 1.82) is 0 Å². The molecule has 0 atom stereocenters. The van der Waals surface area contributed by atoms with E-state index in [1.807, 2.05) is 50.2 Å². The molecule has 4 aromatic rings. The number of para-hydroxylation sites is 1. The zero-order valence-corrected chi connectivity index (χ0v) is 19.5. The van der Waals surface area contributed by atoms with Crippen LogP contribution in [0.1, 0.15) is 27.6 Å². The Morgan fingerprint density at radius 2 is 1.72 bits per heavy atom. The highest BCUT2D eigenvalue weighted by atomic mass is 35.5. The van der Waals surface area contributed by atoms with Gasteiger partial charge in [0.15, 0.2) is 10.9 Å². The highest BCUT2D eigenvalue weighted by Gasteiger charge is 2.22. The van der Waals surface area contributed by atoms with E-state index >= 15 is 0 Å². The van der Waals surface area contributed by atoms with Crippen LogP contribution in [-0.4, -0.2) is 30.9 Å². The first-order valence-electron chi connectivity index (χ1n) is 9.62. The molecule has 0 aliphatic heterocycles. The van der Waals surface area contributed by atoms with E-state index in [9.17, 15) is 4.79 Å². The van der Waals surface area contributed by atoms with Crippen LogP contribution in [0.25, 0.3) is 5.69 Å². The first-order valence-corrected chi connectivity index (χ1v) is 11.4. The molecule has 7 nitrogen and oxygen atoms in total. The molecule has 0 fully saturated rings. The van der Waals surface area contributed by atoms with Crippen LogP contribution < -0.4 is 5.32 Å². The van der Waals surface area contributed by atoms with E-state index in [4.69, 9.17) is 23.2 Å². The van der Waals surface area contributed by atoms with E-state index in [2.05, 4.69) is 25.6 Å². The van der Waals surface area contributed by atoms with Crippen molar-refractivity contribution in [1.82, 2.24) is 25.0 Å². The highest BCUT2D eigenvalue weighted by molar-refractivity contribution is 7.98. The third kappa shape index (κ3) is 5.09. The number of carbonyl (C=O) groups excluding carboxylic acids is 1. The van der Waals surface area contributed by atoms with Crippen molar-refractivity contribution in [2.75, 3.05) is 5.32 Å². The molecule has 2 aromatic carbocycles. The van der Waals surface area contributed by atoms with Crippen LogP contribution in [-0.2, 0) is 5.75 Å². The van der Waals surface area contributed by atoms with Gasteiger partial charge in [0.1, 0.15) is 0 Å². The topological polar surface area (TPSA) is 85.6 Å². The lowest BCUT2D eigenvalue weighted by Gasteiger charge is -2.09. The number of nitrogens with zero attached hydrogens (tertiary/aromatic N) is 5. The highest BCUT2D eigenvalue weighted by Crippen LogP contribution is 2.27. The maximum absolute atomic E-state index is 13.1. The predicted molar refractivity (Wildman–Crippen MR) is 127 cm³/mol. The summed E-state index contributed by atoms with van der Waals surface area (Å²) in [6, 6.07) is 16.3. The second-order valence-electron chi connectivity index (χ2n) is 6.94. The van der Waals surface area contributed by atoms with Gasteiger partial charge in [-0.1, -0.05) is 58.4 Å². The molecule has 4 rings (SSSR count). The number of aryl methyl sites for hydroxylation is 2. The van der Waals surface area contributed by atoms with Gasteiger partial charge < -0.3 is 5.32 Å². The summed E-state index contributed by atoms with van der Waals surface area (Å²) < 4.78 is 1.65. The fourth-order valence-electron chi connectivity index (χ4n) is 3.04. The maximum Gasteiger partial charge on any atom is 0.278 e. The number of rotatable bonds is 6. The second-order valence-corrected chi connectivity index (χ2v) is 8.69. The summed E-state index contributed by atoms with van der Waals surface area (Å²) in [4.78, 5) is 22.0. The average Bonchev–Trinajstić information content (AvgIpc) is 3.19. The van der Waals surface area contributed by atoms with Crippen LogP contribution in [0.4, 0.5) is 5.69 Å². The Labute approximate surface area is 199 Å². The molecule has 1 N–H and O–H groups in total. The molecule has 162 valence electrons. The minimum Gasteiger partial charge on any atom is -0.320 e. The normalized spacial score (nSPS) is 10.9. The monoisotopic (exact) mass is 484 g/mol. The first-order chi connectivity index (χ1) is 15.4. The predicted octanol–water partition coefficient (Wildman–Crippen LogP) is 5.53. The van der Waals surface area contributed by atoms with Gasteiger partial charge >= 0.3 is 0 Å². The number of thioether (sulfide) groups is 1. The molecule has 32 heavy (non-hydrogen) atoms. The molecule has 0 unspecified atom stereocenters. The largest absolute Gasteiger partial charge is 0.320 e. The molecule has 0 aliphatic carbocycles. The molecule has 0 saturated heterocycles. The van der Waals surface area contributed by atoms with Crippen LogP contribution in [0.5, 0.6) is 0 Å². The molecule has 0 aliphatic rings. The molecule has 0 radical (unpaired) electrons. The smallest absolute Gasteiger partial charge is 0.278 e. The fraction of sp³-hybridized carbons (Fsp3) is 0.136. The zero-order valence-electron chi connectivity index (χ0n) is 17.2. The Balaban J connectivity index is 1.66. The Bertz CT molecular complexity index is 1260. The molecule has 0 bridgehead atoms. The van der Waals surface area contributed by atoms with Gasteiger partial charge in [0, 0.05) is 22.8 Å². The number of amides is 1. The summed E-state index contributed by atoms with van der Waals surface area (Å²) in [7, 11) is 0. The maximum atomic E-state index is 13.1. The number of hydrogen-bond donors (Lipinski definition) is 1. The number of hydrogen-bond acceptors (Lipinski definition) is 6. The van der Waals surface area contributed by atoms with Gasteiger partial charge in [0.2, 0.25) is 0 Å². The quantitative estimate of drug-likeness (QED) is 0.286. The van der Waals surface area contributed by atoms with Gasteiger partial charge in [0.25, 0.3) is 5.91 Å². The van der Waals surface area contributed by atoms with E-state index in [1.165, 1.54) is 11.8 Å². The Hall–Kier alpha value is -2.94. The summed E-state index contributed by atoms with van der Waals surface area (Å²) in [5.41, 5.74) is 3.90. The van der Waals surface area contributed by atoms with Crippen molar-refractivity contribution in [3.8, 4) is 5.69 Å². The second kappa shape index (κ2) is 9.68. The lowest BCUT2D eigenvalue weighted by atomic mass is 10.2. The number of nitrogens with one attached hydrogen (secondary N) is 1. The number of aromatic nitrogens is 5. The van der Waals surface area contributed by atoms with E-state index in [0.29, 0.717) is 32.3 Å². The van der Waals surface area contributed by atoms with E-state index < -0.39 is 5.91 Å². The lowest BCUT2D eigenvalue weighted by Crippen LogP contribution is -2.15. The van der Waals surface area contributed by atoms with Crippen LogP contribution in [0.3, 0.4) is 0 Å². The van der Waals surface area contributed by atoms with Crippen LogP contribution in [0.15, 0.2) is 59.8 Å². The number of carbonyl (C=O) groups is 1. The van der Waals surface area contributed by atoms with Gasteiger partial charge in [-0.25, -0.2) is 14.6 Å². The van der Waals surface area contributed by atoms with Gasteiger partial charge in [-0.15, -0.1) is 5.10 Å². The third-order valence-electron chi connectivity index (χ3n) is 4.46. The van der Waals surface area contributed by atoms with Crippen LogP contribution >= 0.6 is 35.0 Å². The standard InChI is InChI=1S/C22H18Cl2N6OS/c1-13-10-14(2)26-22(25-13)32-12-19-20(28-29-30(19)16-6-4-3-5-7-16)21(31)27-15-8-9-17(23)18(24)11-15/h3-11H,12H2,1-2H3,(H,27,31). The number of anilines is 1. The van der Waals surface area contributed by atoms with Crippen molar-refractivity contribution < 1.29 is 4.79 Å². The van der Waals surface area contributed by atoms with Gasteiger partial charge in [-0.2, -0.15) is 0 Å². The molecule has 10 heteroatoms. The minimum atomic E-state index is -0.400. The van der Waals surface area contributed by atoms with Crippen molar-refractivity contribution in [2.24, 2.45) is 0 Å². The van der Waals surface area contributed by atoms with Gasteiger partial charge in [-0.3, -0.25) is 4.79 Å². The van der Waals surface area contributed by atoms with Gasteiger partial charge in [0.05, 0.1) is 21.4 Å². The van der Waals surface area contributed by atoms with Crippen molar-refractivity contribution in [3.63, 3.8) is 0 Å². The summed E-state index contributed by atoms with van der Waals surface area (Å²) in [6.07, 6.45) is 0. The third-order valence-corrected chi connectivity index (χ3v) is 6.05. The van der Waals surface area contributed by atoms with Gasteiger partial charge in [-0.05, 0) is 50.2 Å². The summed E-state index contributed by atoms with van der Waals surface area (Å²) in [6.45, 7) is 3.84. The SMILES string of the molecule is Cc1cc(C)nc(SCc2c(C(=O)Nc3ccc(Cl)c(Cl)c3)nnn2-c2ccccc2)n1. The lowest BCUT2D eigenvalue weighted by molar-refractivity contribution is 0.102. The van der Waals surface area contributed by atoms with E-state index in [1.54, 1.807) is 22.9 Å². The zero-order chi connectivity index (χ0) is 22.7. The number of benzene rings is 2. The summed E-state index contributed by atoms with van der Waals surface area (Å²) in [5.74, 6) is -0.00272. The van der Waals surface area contributed by atoms with Crippen LogP contribution in [0.2, 0.25) is 10.0 Å². The van der Waals surface area contributed by atoms with E-state index in [0.717, 1.165) is 17.1 Å². The minimum absolute atomic E-state index is 0.205. The molecule has 1 amide bonds. The van der Waals surface area contributed by atoms with E-state index in [-0.39, 0.29) is 5.69 Å². The average molecular weight is 485 g/mol. The van der Waals surface area contributed by atoms with Crippen molar-refractivity contribution >= 4 is 46.6 Å². The Morgan fingerprint density at radius 1 is 1.00 bits per heavy atom. The molecule has 2 heterocycles.